The maximum atomic E-state index is 13.7. The highest BCUT2D eigenvalue weighted by atomic mass is 19.4. The van der Waals surface area contributed by atoms with E-state index < -0.39 is 53.7 Å². The quantitative estimate of drug-likeness (QED) is 0.545. The van der Waals surface area contributed by atoms with Gasteiger partial charge in [-0.3, -0.25) is 14.4 Å². The van der Waals surface area contributed by atoms with Crippen molar-refractivity contribution in [3.05, 3.63) is 63.5 Å². The molecule has 0 unspecified atom stereocenters. The Morgan fingerprint density at radius 3 is 2.33 bits per heavy atom. The maximum absolute atomic E-state index is 13.7. The van der Waals surface area contributed by atoms with E-state index in [1.807, 2.05) is 0 Å². The zero-order chi connectivity index (χ0) is 24.3. The minimum Gasteiger partial charge on any atom is -0.484 e. The van der Waals surface area contributed by atoms with Crippen LogP contribution in [0.3, 0.4) is 0 Å². The molecule has 0 saturated heterocycles. The summed E-state index contributed by atoms with van der Waals surface area (Å²) in [5.41, 5.74) is 0.00728. The molecule has 0 radical (unpaired) electrons. The third kappa shape index (κ3) is 5.82. The monoisotopic (exact) mass is 465 g/mol. The molecule has 0 spiro atoms. The number of carboxylic acids is 1. The fraction of sp³-hybridized carbons (Fsp3) is 0.227. The van der Waals surface area contributed by atoms with Crippen LogP contribution in [0.2, 0.25) is 0 Å². The van der Waals surface area contributed by atoms with Gasteiger partial charge in [0.1, 0.15) is 23.6 Å². The average Bonchev–Trinajstić information content (AvgIpc) is 2.71. The highest BCUT2D eigenvalue weighted by molar-refractivity contribution is 5.83. The Hall–Kier alpha value is -4.02. The summed E-state index contributed by atoms with van der Waals surface area (Å²) in [6, 6.07) is 8.24. The molecule has 0 aliphatic heterocycles. The van der Waals surface area contributed by atoms with Crippen LogP contribution in [0.25, 0.3) is 11.0 Å². The van der Waals surface area contributed by atoms with E-state index in [1.54, 1.807) is 19.9 Å². The Labute approximate surface area is 184 Å². The zero-order valence-electron chi connectivity index (χ0n) is 17.4. The summed E-state index contributed by atoms with van der Waals surface area (Å²) >= 11 is 0. The van der Waals surface area contributed by atoms with Crippen molar-refractivity contribution in [2.75, 3.05) is 13.2 Å². The summed E-state index contributed by atoms with van der Waals surface area (Å²) in [4.78, 5) is 34.8. The zero-order valence-corrected chi connectivity index (χ0v) is 17.4. The fourth-order valence-electron chi connectivity index (χ4n) is 3.01. The van der Waals surface area contributed by atoms with Gasteiger partial charge in [0.25, 0.3) is 11.7 Å². The van der Waals surface area contributed by atoms with E-state index in [-0.39, 0.29) is 16.9 Å². The number of nitrogens with one attached hydrogen (secondary N) is 1. The van der Waals surface area contributed by atoms with E-state index in [9.17, 15) is 27.6 Å². The van der Waals surface area contributed by atoms with Gasteiger partial charge >= 0.3 is 12.1 Å². The van der Waals surface area contributed by atoms with Crippen molar-refractivity contribution in [3.63, 3.8) is 0 Å². The van der Waals surface area contributed by atoms with Crippen molar-refractivity contribution in [2.45, 2.75) is 20.0 Å². The number of ether oxygens (including phenoxy) is 2. The lowest BCUT2D eigenvalue weighted by molar-refractivity contribution is -0.154. The van der Waals surface area contributed by atoms with Gasteiger partial charge in [0.15, 0.2) is 6.61 Å². The summed E-state index contributed by atoms with van der Waals surface area (Å²) in [5.74, 6) is -4.64. The highest BCUT2D eigenvalue weighted by Gasteiger charge is 2.40. The molecule has 0 atom stereocenters. The van der Waals surface area contributed by atoms with Crippen molar-refractivity contribution in [1.29, 1.82) is 0 Å². The molecule has 11 heteroatoms. The van der Waals surface area contributed by atoms with Gasteiger partial charge in [0, 0.05) is 6.07 Å². The van der Waals surface area contributed by atoms with E-state index in [4.69, 9.17) is 19.0 Å². The number of carbonyl (C=O) groups excluding carboxylic acids is 1. The Morgan fingerprint density at radius 1 is 1.06 bits per heavy atom. The van der Waals surface area contributed by atoms with Gasteiger partial charge in [-0.15, -0.1) is 0 Å². The number of halogens is 3. The molecule has 2 aromatic carbocycles. The topological polar surface area (TPSA) is 115 Å². The number of carbonyl (C=O) groups is 2. The van der Waals surface area contributed by atoms with Gasteiger partial charge in [0.05, 0.1) is 5.39 Å². The lowest BCUT2D eigenvalue weighted by atomic mass is 10.1. The Kier molecular flexibility index (Phi) is 6.61. The molecule has 2 N–H and O–H groups in total. The molecule has 0 saturated carbocycles. The molecule has 33 heavy (non-hydrogen) atoms. The third-order valence-electron chi connectivity index (χ3n) is 4.30. The first kappa shape index (κ1) is 23.6. The van der Waals surface area contributed by atoms with Gasteiger partial charge in [-0.25, -0.2) is 0 Å². The Balaban J connectivity index is 1.97. The third-order valence-corrected chi connectivity index (χ3v) is 4.30. The number of hydrogen-bond acceptors (Lipinski definition) is 6. The van der Waals surface area contributed by atoms with Crippen LogP contribution in [0.15, 0.2) is 45.6 Å². The average molecular weight is 465 g/mol. The first-order valence-corrected chi connectivity index (χ1v) is 9.49. The number of rotatable bonds is 7. The second-order valence-corrected chi connectivity index (χ2v) is 7.13. The van der Waals surface area contributed by atoms with Crippen molar-refractivity contribution in [3.8, 4) is 17.2 Å². The predicted octanol–water partition coefficient (Wildman–Crippen LogP) is 3.80. The molecule has 0 aliphatic rings. The molecule has 3 aromatic rings. The van der Waals surface area contributed by atoms with E-state index in [0.717, 1.165) is 17.2 Å². The van der Waals surface area contributed by atoms with Gasteiger partial charge in [-0.2, -0.15) is 13.2 Å². The molecule has 0 bridgehead atoms. The molecule has 8 nitrogen and oxygen atoms in total. The smallest absolute Gasteiger partial charge is 0.453 e. The van der Waals surface area contributed by atoms with Gasteiger partial charge in [-0.05, 0) is 49.2 Å². The van der Waals surface area contributed by atoms with Gasteiger partial charge in [0.2, 0.25) is 11.2 Å². The molecule has 0 fully saturated rings. The minimum atomic E-state index is -5.03. The standard InChI is InChI=1S/C22H18F3NO7/c1-11-5-12(2)7-14(6-11)32-20-19(30)15-4-3-13(31-10-17(27)26-9-18(28)29)8-16(15)33-21(20)22(23,24)25/h3-8H,9-10H2,1-2H3,(H,26,27)(H,28,29). The van der Waals surface area contributed by atoms with Crippen molar-refractivity contribution >= 4 is 22.8 Å². The summed E-state index contributed by atoms with van der Waals surface area (Å²) in [7, 11) is 0. The highest BCUT2D eigenvalue weighted by Crippen LogP contribution is 2.38. The van der Waals surface area contributed by atoms with Crippen LogP contribution in [0, 0.1) is 13.8 Å². The number of aliphatic carboxylic acids is 1. The molecule has 1 aromatic heterocycles. The number of fused-ring (bicyclic) bond motifs is 1. The Bertz CT molecular complexity index is 1260. The van der Waals surface area contributed by atoms with Crippen LogP contribution in [0.5, 0.6) is 17.2 Å². The number of alkyl halides is 3. The van der Waals surface area contributed by atoms with Crippen LogP contribution in [-0.4, -0.2) is 30.1 Å². The molecule has 1 amide bonds. The van der Waals surface area contributed by atoms with Crippen molar-refractivity contribution in [1.82, 2.24) is 5.32 Å². The minimum absolute atomic E-state index is 0.0528. The lowest BCUT2D eigenvalue weighted by Gasteiger charge is -2.14. The molecule has 174 valence electrons. The first-order valence-electron chi connectivity index (χ1n) is 9.49. The number of hydrogen-bond donors (Lipinski definition) is 2. The molecular formula is C22H18F3NO7. The van der Waals surface area contributed by atoms with Gasteiger partial charge < -0.3 is 24.3 Å². The van der Waals surface area contributed by atoms with Crippen LogP contribution >= 0.6 is 0 Å². The largest absolute Gasteiger partial charge is 0.484 e. The van der Waals surface area contributed by atoms with E-state index in [1.165, 1.54) is 24.3 Å². The van der Waals surface area contributed by atoms with Crippen molar-refractivity contribution in [2.24, 2.45) is 0 Å². The van der Waals surface area contributed by atoms with Crippen LogP contribution in [0.1, 0.15) is 16.9 Å². The van der Waals surface area contributed by atoms with Gasteiger partial charge in [-0.1, -0.05) is 6.07 Å². The van der Waals surface area contributed by atoms with Crippen molar-refractivity contribution < 1.29 is 41.8 Å². The second kappa shape index (κ2) is 9.23. The molecule has 1 heterocycles. The molecule has 0 aliphatic carbocycles. The lowest BCUT2D eigenvalue weighted by Crippen LogP contribution is -2.33. The number of amides is 1. The molecule has 3 rings (SSSR count). The predicted molar refractivity (Wildman–Crippen MR) is 110 cm³/mol. The summed E-state index contributed by atoms with van der Waals surface area (Å²) < 4.78 is 56.5. The SMILES string of the molecule is Cc1cc(C)cc(Oc2c(C(F)(F)F)oc3cc(OCC(=O)NCC(=O)O)ccc3c2=O)c1. The van der Waals surface area contributed by atoms with E-state index in [0.29, 0.717) is 0 Å². The van der Waals surface area contributed by atoms with Crippen LogP contribution in [-0.2, 0) is 15.8 Å². The Morgan fingerprint density at radius 2 is 1.73 bits per heavy atom. The fourth-order valence-corrected chi connectivity index (χ4v) is 3.01. The number of aryl methyl sites for hydroxylation is 2. The summed E-state index contributed by atoms with van der Waals surface area (Å²) in [5, 5.41) is 10.4. The number of benzene rings is 2. The first-order chi connectivity index (χ1) is 15.4. The van der Waals surface area contributed by atoms with Crippen LogP contribution < -0.4 is 20.2 Å². The summed E-state index contributed by atoms with van der Waals surface area (Å²) in [6.07, 6.45) is -5.03. The normalized spacial score (nSPS) is 11.3. The summed E-state index contributed by atoms with van der Waals surface area (Å²) in [6.45, 7) is 2.25. The van der Waals surface area contributed by atoms with E-state index in [2.05, 4.69) is 5.32 Å². The second-order valence-electron chi connectivity index (χ2n) is 7.13. The molecular weight excluding hydrogens is 447 g/mol. The number of carboxylic acid groups (broad SMARTS) is 1. The van der Waals surface area contributed by atoms with Crippen LogP contribution in [0.4, 0.5) is 13.2 Å². The van der Waals surface area contributed by atoms with E-state index >= 15 is 0 Å². The maximum Gasteiger partial charge on any atom is 0.453 e.